The highest BCUT2D eigenvalue weighted by Crippen LogP contribution is 2.36. The fourth-order valence-corrected chi connectivity index (χ4v) is 2.93. The Morgan fingerprint density at radius 1 is 0.952 bits per heavy atom. The molecule has 2 nitrogen and oxygen atoms in total. The molecular formula is C18H16ClNO. The van der Waals surface area contributed by atoms with Gasteiger partial charge in [0.25, 0.3) is 0 Å². The quantitative estimate of drug-likeness (QED) is 0.605. The summed E-state index contributed by atoms with van der Waals surface area (Å²) in [5.41, 5.74) is 4.30. The Morgan fingerprint density at radius 3 is 2.33 bits per heavy atom. The number of hydrogen-bond acceptors (Lipinski definition) is 2. The molecule has 0 saturated carbocycles. The van der Waals surface area contributed by atoms with Crippen molar-refractivity contribution in [1.29, 1.82) is 0 Å². The molecule has 2 aromatic carbocycles. The first-order valence-electron chi connectivity index (χ1n) is 6.98. The minimum Gasteiger partial charge on any atom is -0.411 e. The Hall–Kier alpha value is -2.06. The van der Waals surface area contributed by atoms with Gasteiger partial charge in [0.05, 0.1) is 5.71 Å². The molecule has 0 fully saturated rings. The summed E-state index contributed by atoms with van der Waals surface area (Å²) in [6.07, 6.45) is 3.67. The van der Waals surface area contributed by atoms with E-state index in [1.54, 1.807) is 0 Å². The van der Waals surface area contributed by atoms with Crippen LogP contribution in [-0.2, 0) is 0 Å². The fraction of sp³-hybridized carbons (Fsp3) is 0.167. The Kier molecular flexibility index (Phi) is 4.07. The number of allylic oxidation sites excluding steroid dienone is 2. The summed E-state index contributed by atoms with van der Waals surface area (Å²) in [6, 6.07) is 18.2. The summed E-state index contributed by atoms with van der Waals surface area (Å²) >= 11 is 5.95. The predicted octanol–water partition coefficient (Wildman–Crippen LogP) is 5.13. The molecule has 0 aromatic heterocycles. The van der Waals surface area contributed by atoms with Gasteiger partial charge in [0, 0.05) is 11.4 Å². The summed E-state index contributed by atoms with van der Waals surface area (Å²) in [5.74, 6) is 0.341. The molecule has 0 heterocycles. The van der Waals surface area contributed by atoms with Crippen molar-refractivity contribution in [3.63, 3.8) is 0 Å². The number of nitrogens with zero attached hydrogens (tertiary/aromatic N) is 1. The topological polar surface area (TPSA) is 32.6 Å². The third kappa shape index (κ3) is 3.17. The standard InChI is InChI=1S/C18H16ClNO/c19-17-8-6-14(7-9-17)16-10-15(11-18(12-16)20-21)13-4-2-1-3-5-13/h1-9,12,15,21H,10-11H2/b20-18+. The molecule has 21 heavy (non-hydrogen) atoms. The molecule has 0 amide bonds. The highest BCUT2D eigenvalue weighted by atomic mass is 35.5. The van der Waals surface area contributed by atoms with E-state index in [9.17, 15) is 5.21 Å². The van der Waals surface area contributed by atoms with Crippen molar-refractivity contribution in [3.8, 4) is 0 Å². The predicted molar refractivity (Wildman–Crippen MR) is 87.1 cm³/mol. The van der Waals surface area contributed by atoms with E-state index in [2.05, 4.69) is 17.3 Å². The van der Waals surface area contributed by atoms with Gasteiger partial charge in [0.15, 0.2) is 0 Å². The second-order valence-electron chi connectivity index (χ2n) is 5.28. The first-order chi connectivity index (χ1) is 10.3. The van der Waals surface area contributed by atoms with E-state index in [4.69, 9.17) is 11.6 Å². The third-order valence-corrected chi connectivity index (χ3v) is 4.13. The van der Waals surface area contributed by atoms with Crippen molar-refractivity contribution in [2.24, 2.45) is 5.16 Å². The highest BCUT2D eigenvalue weighted by molar-refractivity contribution is 6.30. The zero-order valence-electron chi connectivity index (χ0n) is 11.5. The van der Waals surface area contributed by atoms with Crippen LogP contribution in [0.5, 0.6) is 0 Å². The maximum Gasteiger partial charge on any atom is 0.0804 e. The maximum absolute atomic E-state index is 9.19. The third-order valence-electron chi connectivity index (χ3n) is 3.88. The van der Waals surface area contributed by atoms with Crippen LogP contribution < -0.4 is 0 Å². The number of oxime groups is 1. The summed E-state index contributed by atoms with van der Waals surface area (Å²) in [6.45, 7) is 0. The Balaban J connectivity index is 1.93. The van der Waals surface area contributed by atoms with Gasteiger partial charge in [0.2, 0.25) is 0 Å². The zero-order chi connectivity index (χ0) is 14.7. The lowest BCUT2D eigenvalue weighted by Crippen LogP contribution is -2.12. The number of hydrogen-bond donors (Lipinski definition) is 1. The monoisotopic (exact) mass is 297 g/mol. The van der Waals surface area contributed by atoms with E-state index in [-0.39, 0.29) is 0 Å². The van der Waals surface area contributed by atoms with Crippen molar-refractivity contribution < 1.29 is 5.21 Å². The van der Waals surface area contributed by atoms with Gasteiger partial charge in [-0.3, -0.25) is 0 Å². The molecule has 1 unspecified atom stereocenters. The lowest BCUT2D eigenvalue weighted by molar-refractivity contribution is 0.317. The molecule has 106 valence electrons. The van der Waals surface area contributed by atoms with Gasteiger partial charge in [-0.1, -0.05) is 59.2 Å². The maximum atomic E-state index is 9.19. The molecular weight excluding hydrogens is 282 g/mol. The van der Waals surface area contributed by atoms with Gasteiger partial charge >= 0.3 is 0 Å². The molecule has 1 aliphatic carbocycles. The molecule has 0 spiro atoms. The van der Waals surface area contributed by atoms with Crippen LogP contribution in [0.15, 0.2) is 65.8 Å². The zero-order valence-corrected chi connectivity index (χ0v) is 12.3. The fourth-order valence-electron chi connectivity index (χ4n) is 2.80. The first kappa shape index (κ1) is 13.9. The molecule has 3 rings (SSSR count). The molecule has 1 N–H and O–H groups in total. The highest BCUT2D eigenvalue weighted by Gasteiger charge is 2.22. The summed E-state index contributed by atoms with van der Waals surface area (Å²) in [4.78, 5) is 0. The number of benzene rings is 2. The van der Waals surface area contributed by atoms with Gasteiger partial charge in [0.1, 0.15) is 0 Å². The van der Waals surface area contributed by atoms with Crippen LogP contribution in [0.25, 0.3) is 5.57 Å². The minimum atomic E-state index is 0.341. The van der Waals surface area contributed by atoms with Crippen molar-refractivity contribution in [1.82, 2.24) is 0 Å². The molecule has 0 aliphatic heterocycles. The van der Waals surface area contributed by atoms with Gasteiger partial charge in [-0.15, -0.1) is 0 Å². The number of halogens is 1. The first-order valence-corrected chi connectivity index (χ1v) is 7.36. The Morgan fingerprint density at radius 2 is 1.67 bits per heavy atom. The van der Waals surface area contributed by atoms with E-state index < -0.39 is 0 Å². The van der Waals surface area contributed by atoms with Gasteiger partial charge in [-0.25, -0.2) is 0 Å². The largest absolute Gasteiger partial charge is 0.411 e. The van der Waals surface area contributed by atoms with Crippen LogP contribution in [0.4, 0.5) is 0 Å². The van der Waals surface area contributed by atoms with Crippen LogP contribution >= 0.6 is 11.6 Å². The van der Waals surface area contributed by atoms with Crippen molar-refractivity contribution in [3.05, 3.63) is 76.8 Å². The van der Waals surface area contributed by atoms with Crippen LogP contribution in [0.3, 0.4) is 0 Å². The van der Waals surface area contributed by atoms with Gasteiger partial charge in [-0.2, -0.15) is 0 Å². The SMILES string of the molecule is O/N=C1/C=C(c2ccc(Cl)cc2)CC(c2ccccc2)C1. The molecule has 0 radical (unpaired) electrons. The van der Waals surface area contributed by atoms with Crippen LogP contribution in [-0.4, -0.2) is 10.9 Å². The molecule has 2 aromatic rings. The van der Waals surface area contributed by atoms with Crippen molar-refractivity contribution in [2.45, 2.75) is 18.8 Å². The second kappa shape index (κ2) is 6.15. The average molecular weight is 298 g/mol. The summed E-state index contributed by atoms with van der Waals surface area (Å²) in [5, 5.41) is 13.3. The van der Waals surface area contributed by atoms with Gasteiger partial charge < -0.3 is 5.21 Å². The van der Waals surface area contributed by atoms with E-state index in [1.807, 2.05) is 48.5 Å². The number of rotatable bonds is 2. The molecule has 3 heteroatoms. The molecule has 1 aliphatic rings. The van der Waals surface area contributed by atoms with E-state index in [0.29, 0.717) is 5.92 Å². The minimum absolute atomic E-state index is 0.341. The second-order valence-corrected chi connectivity index (χ2v) is 5.72. The summed E-state index contributed by atoms with van der Waals surface area (Å²) in [7, 11) is 0. The normalized spacial score (nSPS) is 20.3. The molecule has 0 bridgehead atoms. The Labute approximate surface area is 129 Å². The van der Waals surface area contributed by atoms with E-state index in [0.717, 1.165) is 29.1 Å². The van der Waals surface area contributed by atoms with Crippen LogP contribution in [0, 0.1) is 0 Å². The Bertz CT molecular complexity index is 674. The van der Waals surface area contributed by atoms with E-state index in [1.165, 1.54) is 11.1 Å². The van der Waals surface area contributed by atoms with Gasteiger partial charge in [-0.05, 0) is 47.2 Å². The molecule has 1 atom stereocenters. The smallest absolute Gasteiger partial charge is 0.0804 e. The van der Waals surface area contributed by atoms with Crippen molar-refractivity contribution >= 4 is 22.9 Å². The lowest BCUT2D eigenvalue weighted by atomic mass is 9.81. The lowest BCUT2D eigenvalue weighted by Gasteiger charge is -2.24. The average Bonchev–Trinajstić information content (AvgIpc) is 2.56. The van der Waals surface area contributed by atoms with Crippen LogP contribution in [0.2, 0.25) is 5.02 Å². The van der Waals surface area contributed by atoms with Crippen LogP contribution in [0.1, 0.15) is 29.9 Å². The summed E-state index contributed by atoms with van der Waals surface area (Å²) < 4.78 is 0. The van der Waals surface area contributed by atoms with Crippen molar-refractivity contribution in [2.75, 3.05) is 0 Å². The van der Waals surface area contributed by atoms with E-state index >= 15 is 0 Å². The molecule has 0 saturated heterocycles.